The molecule has 1 saturated heterocycles. The number of rotatable bonds is 3. The van der Waals surface area contributed by atoms with Gasteiger partial charge in [0.2, 0.25) is 0 Å². The predicted octanol–water partition coefficient (Wildman–Crippen LogP) is 4.20. The standard InChI is InChI=1S/C20H21BrF2N2O/c21-16-9-13(22)10-17(23)20(16)26-19-15-6-2-1-4-12(15)8-18(19)25-7-3-5-14(24)11-25/h1-2,4,6,9-10,14,18-19H,3,5,7-8,11,24H2/t14-,18-,19+/m1/s1. The van der Waals surface area contributed by atoms with Crippen LogP contribution in [0.1, 0.15) is 30.1 Å². The Bertz CT molecular complexity index is 793. The fourth-order valence-electron chi connectivity index (χ4n) is 4.11. The number of nitrogens with zero attached hydrogens (tertiary/aromatic N) is 1. The highest BCUT2D eigenvalue weighted by Gasteiger charge is 2.39. The van der Waals surface area contributed by atoms with Gasteiger partial charge >= 0.3 is 0 Å². The van der Waals surface area contributed by atoms with Crippen LogP contribution < -0.4 is 10.5 Å². The molecule has 2 aromatic carbocycles. The Hall–Kier alpha value is -1.50. The molecule has 6 heteroatoms. The van der Waals surface area contributed by atoms with Gasteiger partial charge in [-0.3, -0.25) is 4.90 Å². The molecule has 1 fully saturated rings. The summed E-state index contributed by atoms with van der Waals surface area (Å²) >= 11 is 3.23. The smallest absolute Gasteiger partial charge is 0.170 e. The third kappa shape index (κ3) is 3.38. The Morgan fingerprint density at radius 2 is 2.00 bits per heavy atom. The van der Waals surface area contributed by atoms with Gasteiger partial charge in [0.1, 0.15) is 11.9 Å². The molecular weight excluding hydrogens is 402 g/mol. The van der Waals surface area contributed by atoms with Crippen molar-refractivity contribution < 1.29 is 13.5 Å². The SMILES string of the molecule is N[C@@H]1CCCN([C@@H]2Cc3ccccc3[C@@H]2Oc2c(F)cc(F)cc2Br)C1. The predicted molar refractivity (Wildman–Crippen MR) is 100 cm³/mol. The summed E-state index contributed by atoms with van der Waals surface area (Å²) in [4.78, 5) is 2.36. The van der Waals surface area contributed by atoms with Gasteiger partial charge in [0.15, 0.2) is 11.6 Å². The van der Waals surface area contributed by atoms with Crippen LogP contribution in [0.15, 0.2) is 40.9 Å². The molecule has 0 amide bonds. The lowest BCUT2D eigenvalue weighted by molar-refractivity contribution is 0.0565. The van der Waals surface area contributed by atoms with Crippen LogP contribution in [0.2, 0.25) is 0 Å². The number of likely N-dealkylation sites (tertiary alicyclic amines) is 1. The summed E-state index contributed by atoms with van der Waals surface area (Å²) in [5, 5.41) is 0. The van der Waals surface area contributed by atoms with E-state index in [9.17, 15) is 8.78 Å². The molecule has 0 unspecified atom stereocenters. The summed E-state index contributed by atoms with van der Waals surface area (Å²) in [7, 11) is 0. The minimum Gasteiger partial charge on any atom is -0.480 e. The Morgan fingerprint density at radius 3 is 2.77 bits per heavy atom. The van der Waals surface area contributed by atoms with Crippen molar-refractivity contribution in [3.63, 3.8) is 0 Å². The number of hydrogen-bond acceptors (Lipinski definition) is 3. The molecule has 2 aromatic rings. The number of ether oxygens (including phenoxy) is 1. The van der Waals surface area contributed by atoms with E-state index in [0.29, 0.717) is 0 Å². The zero-order valence-corrected chi connectivity index (χ0v) is 15.9. The van der Waals surface area contributed by atoms with Crippen molar-refractivity contribution >= 4 is 15.9 Å². The van der Waals surface area contributed by atoms with E-state index in [4.69, 9.17) is 10.5 Å². The lowest BCUT2D eigenvalue weighted by atomic mass is 10.0. The highest BCUT2D eigenvalue weighted by Crippen LogP contribution is 2.41. The second kappa shape index (κ2) is 7.25. The second-order valence-corrected chi connectivity index (χ2v) is 7.96. The summed E-state index contributed by atoms with van der Waals surface area (Å²) in [6.07, 6.45) is 2.61. The average molecular weight is 423 g/mol. The van der Waals surface area contributed by atoms with Crippen molar-refractivity contribution in [2.24, 2.45) is 5.73 Å². The molecule has 3 nitrogen and oxygen atoms in total. The Labute approximate surface area is 160 Å². The Balaban J connectivity index is 1.68. The molecule has 0 aromatic heterocycles. The van der Waals surface area contributed by atoms with E-state index in [-0.39, 0.29) is 28.4 Å². The van der Waals surface area contributed by atoms with Crippen molar-refractivity contribution in [3.8, 4) is 5.75 Å². The van der Waals surface area contributed by atoms with Crippen LogP contribution in [-0.4, -0.2) is 30.1 Å². The maximum atomic E-state index is 14.3. The molecule has 3 atom stereocenters. The first-order valence-electron chi connectivity index (χ1n) is 8.91. The van der Waals surface area contributed by atoms with Crippen LogP contribution in [0, 0.1) is 11.6 Å². The van der Waals surface area contributed by atoms with Crippen molar-refractivity contribution in [2.45, 2.75) is 37.5 Å². The lowest BCUT2D eigenvalue weighted by Gasteiger charge is -2.38. The molecule has 1 aliphatic heterocycles. The summed E-state index contributed by atoms with van der Waals surface area (Å²) in [5.74, 6) is -1.28. The van der Waals surface area contributed by atoms with E-state index < -0.39 is 11.6 Å². The van der Waals surface area contributed by atoms with Gasteiger partial charge in [0.05, 0.1) is 10.5 Å². The minimum atomic E-state index is -0.699. The van der Waals surface area contributed by atoms with Crippen molar-refractivity contribution in [1.29, 1.82) is 0 Å². The summed E-state index contributed by atoms with van der Waals surface area (Å²) in [5.41, 5.74) is 8.44. The first kappa shape index (κ1) is 17.9. The fourth-order valence-corrected chi connectivity index (χ4v) is 4.61. The van der Waals surface area contributed by atoms with Crippen LogP contribution in [-0.2, 0) is 6.42 Å². The van der Waals surface area contributed by atoms with Crippen molar-refractivity contribution in [2.75, 3.05) is 13.1 Å². The molecular formula is C20H21BrF2N2O. The largest absolute Gasteiger partial charge is 0.480 e. The van der Waals surface area contributed by atoms with Gasteiger partial charge in [-0.1, -0.05) is 24.3 Å². The molecule has 0 saturated carbocycles. The van der Waals surface area contributed by atoms with E-state index in [1.165, 1.54) is 11.6 Å². The topological polar surface area (TPSA) is 38.5 Å². The molecule has 0 bridgehead atoms. The number of piperidine rings is 1. The molecule has 0 spiro atoms. The molecule has 2 aliphatic rings. The maximum Gasteiger partial charge on any atom is 0.170 e. The zero-order valence-electron chi connectivity index (χ0n) is 14.3. The van der Waals surface area contributed by atoms with Gasteiger partial charge in [0, 0.05) is 18.7 Å². The molecule has 138 valence electrons. The third-order valence-electron chi connectivity index (χ3n) is 5.31. The van der Waals surface area contributed by atoms with Crippen molar-refractivity contribution in [3.05, 3.63) is 63.6 Å². The third-order valence-corrected chi connectivity index (χ3v) is 5.90. The van der Waals surface area contributed by atoms with E-state index in [2.05, 4.69) is 26.9 Å². The fraction of sp³-hybridized carbons (Fsp3) is 0.400. The average Bonchev–Trinajstić information content (AvgIpc) is 2.96. The highest BCUT2D eigenvalue weighted by molar-refractivity contribution is 9.10. The van der Waals surface area contributed by atoms with Crippen LogP contribution in [0.5, 0.6) is 5.75 Å². The van der Waals surface area contributed by atoms with E-state index in [0.717, 1.165) is 44.0 Å². The van der Waals surface area contributed by atoms with Crippen LogP contribution >= 0.6 is 15.9 Å². The number of nitrogens with two attached hydrogens (primary N) is 1. The number of benzene rings is 2. The molecule has 26 heavy (non-hydrogen) atoms. The highest BCUT2D eigenvalue weighted by atomic mass is 79.9. The number of hydrogen-bond donors (Lipinski definition) is 1. The maximum absolute atomic E-state index is 14.3. The first-order chi connectivity index (χ1) is 12.5. The van der Waals surface area contributed by atoms with Gasteiger partial charge in [-0.2, -0.15) is 0 Å². The lowest BCUT2D eigenvalue weighted by Crippen LogP contribution is -2.49. The zero-order chi connectivity index (χ0) is 18.3. The second-order valence-electron chi connectivity index (χ2n) is 7.10. The molecule has 2 N–H and O–H groups in total. The Morgan fingerprint density at radius 1 is 1.19 bits per heavy atom. The van der Waals surface area contributed by atoms with Gasteiger partial charge in [0.25, 0.3) is 0 Å². The van der Waals surface area contributed by atoms with Gasteiger partial charge in [-0.25, -0.2) is 8.78 Å². The molecule has 0 radical (unpaired) electrons. The molecule has 4 rings (SSSR count). The van der Waals surface area contributed by atoms with Crippen LogP contribution in [0.3, 0.4) is 0 Å². The number of fused-ring (bicyclic) bond motifs is 1. The number of halogens is 3. The first-order valence-corrected chi connectivity index (χ1v) is 9.71. The van der Waals surface area contributed by atoms with Gasteiger partial charge in [-0.15, -0.1) is 0 Å². The Kier molecular flexibility index (Phi) is 4.99. The summed E-state index contributed by atoms with van der Waals surface area (Å²) in [6, 6.07) is 10.4. The van der Waals surface area contributed by atoms with E-state index in [1.807, 2.05) is 18.2 Å². The molecule has 1 heterocycles. The van der Waals surface area contributed by atoms with Crippen molar-refractivity contribution in [1.82, 2.24) is 4.90 Å². The normalized spacial score (nSPS) is 25.9. The van der Waals surface area contributed by atoms with E-state index >= 15 is 0 Å². The summed E-state index contributed by atoms with van der Waals surface area (Å²) < 4.78 is 34.2. The monoisotopic (exact) mass is 422 g/mol. The molecule has 1 aliphatic carbocycles. The quantitative estimate of drug-likeness (QED) is 0.805. The summed E-state index contributed by atoms with van der Waals surface area (Å²) in [6.45, 7) is 1.77. The van der Waals surface area contributed by atoms with Gasteiger partial charge in [-0.05, 0) is 58.9 Å². The minimum absolute atomic E-state index is 0.0550. The van der Waals surface area contributed by atoms with E-state index in [1.54, 1.807) is 0 Å². The van der Waals surface area contributed by atoms with Crippen LogP contribution in [0.4, 0.5) is 8.78 Å². The van der Waals surface area contributed by atoms with Gasteiger partial charge < -0.3 is 10.5 Å². The van der Waals surface area contributed by atoms with Crippen LogP contribution in [0.25, 0.3) is 0 Å².